The van der Waals surface area contributed by atoms with Crippen molar-refractivity contribution in [2.24, 2.45) is 0 Å². The van der Waals surface area contributed by atoms with Crippen LogP contribution in [0, 0.1) is 0 Å². The van der Waals surface area contributed by atoms with Crippen LogP contribution in [-0.4, -0.2) is 44.4 Å². The average molecular weight is 403 g/mol. The van der Waals surface area contributed by atoms with E-state index in [0.29, 0.717) is 18.8 Å². The van der Waals surface area contributed by atoms with Crippen molar-refractivity contribution in [3.05, 3.63) is 65.7 Å². The molecule has 2 aromatic carbocycles. The van der Waals surface area contributed by atoms with Crippen molar-refractivity contribution in [3.8, 4) is 5.75 Å². The highest BCUT2D eigenvalue weighted by Gasteiger charge is 2.29. The van der Waals surface area contributed by atoms with Crippen LogP contribution in [0.1, 0.15) is 22.3 Å². The van der Waals surface area contributed by atoms with E-state index in [4.69, 9.17) is 9.47 Å². The lowest BCUT2D eigenvalue weighted by atomic mass is 10.2. The SMILES string of the molecule is O=C(COC(=O)c1cccc(OCc2ccccc2)c1)N[C@H]1CCS(=O)(=O)C1. The Kier molecular flexibility index (Phi) is 6.30. The van der Waals surface area contributed by atoms with Crippen molar-refractivity contribution in [2.45, 2.75) is 19.1 Å². The average Bonchev–Trinajstić information content (AvgIpc) is 3.03. The predicted molar refractivity (Wildman–Crippen MR) is 103 cm³/mol. The number of sulfone groups is 1. The van der Waals surface area contributed by atoms with Gasteiger partial charge < -0.3 is 14.8 Å². The highest BCUT2D eigenvalue weighted by Crippen LogP contribution is 2.16. The summed E-state index contributed by atoms with van der Waals surface area (Å²) in [6.07, 6.45) is 0.378. The van der Waals surface area contributed by atoms with Gasteiger partial charge in [0, 0.05) is 6.04 Å². The molecule has 0 aliphatic carbocycles. The van der Waals surface area contributed by atoms with E-state index in [-0.39, 0.29) is 17.1 Å². The lowest BCUT2D eigenvalue weighted by Gasteiger charge is -2.11. The summed E-state index contributed by atoms with van der Waals surface area (Å²) in [5.74, 6) is -0.675. The summed E-state index contributed by atoms with van der Waals surface area (Å²) in [6, 6.07) is 15.7. The number of hydrogen-bond acceptors (Lipinski definition) is 6. The minimum atomic E-state index is -3.08. The number of carbonyl (C=O) groups excluding carboxylic acids is 2. The summed E-state index contributed by atoms with van der Waals surface area (Å²) in [7, 11) is -3.08. The number of benzene rings is 2. The van der Waals surface area contributed by atoms with Crippen LogP contribution in [0.4, 0.5) is 0 Å². The van der Waals surface area contributed by atoms with Gasteiger partial charge in [0.2, 0.25) is 0 Å². The van der Waals surface area contributed by atoms with Crippen LogP contribution in [0.25, 0.3) is 0 Å². The van der Waals surface area contributed by atoms with Crippen LogP contribution < -0.4 is 10.1 Å². The summed E-state index contributed by atoms with van der Waals surface area (Å²) in [6.45, 7) is -0.101. The second-order valence-electron chi connectivity index (χ2n) is 6.55. The zero-order valence-electron chi connectivity index (χ0n) is 15.2. The highest BCUT2D eigenvalue weighted by atomic mass is 32.2. The zero-order chi connectivity index (χ0) is 20.0. The minimum Gasteiger partial charge on any atom is -0.489 e. The first-order valence-corrected chi connectivity index (χ1v) is 10.7. The molecular weight excluding hydrogens is 382 g/mol. The Morgan fingerprint density at radius 1 is 1.07 bits per heavy atom. The van der Waals surface area contributed by atoms with Gasteiger partial charge in [0.1, 0.15) is 12.4 Å². The van der Waals surface area contributed by atoms with Crippen LogP contribution in [0.5, 0.6) is 5.75 Å². The number of amides is 1. The van der Waals surface area contributed by atoms with E-state index >= 15 is 0 Å². The van der Waals surface area contributed by atoms with Crippen molar-refractivity contribution in [2.75, 3.05) is 18.1 Å². The molecule has 8 heteroatoms. The van der Waals surface area contributed by atoms with Gasteiger partial charge >= 0.3 is 5.97 Å². The molecule has 28 heavy (non-hydrogen) atoms. The molecule has 2 aromatic rings. The van der Waals surface area contributed by atoms with Gasteiger partial charge in [-0.05, 0) is 30.2 Å². The number of carbonyl (C=O) groups is 2. The highest BCUT2D eigenvalue weighted by molar-refractivity contribution is 7.91. The van der Waals surface area contributed by atoms with Gasteiger partial charge in [0.15, 0.2) is 16.4 Å². The molecule has 1 aliphatic rings. The first kappa shape index (κ1) is 19.9. The molecule has 0 aromatic heterocycles. The summed E-state index contributed by atoms with van der Waals surface area (Å²) in [4.78, 5) is 24.0. The summed E-state index contributed by atoms with van der Waals surface area (Å²) >= 11 is 0. The number of hydrogen-bond donors (Lipinski definition) is 1. The molecule has 0 spiro atoms. The number of esters is 1. The van der Waals surface area contributed by atoms with Crippen molar-refractivity contribution < 1.29 is 27.5 Å². The molecule has 0 bridgehead atoms. The van der Waals surface area contributed by atoms with Crippen molar-refractivity contribution >= 4 is 21.7 Å². The first-order chi connectivity index (χ1) is 13.4. The van der Waals surface area contributed by atoms with E-state index in [1.165, 1.54) is 0 Å². The molecule has 1 aliphatic heterocycles. The maximum absolute atomic E-state index is 12.2. The van der Waals surface area contributed by atoms with Crippen LogP contribution >= 0.6 is 0 Å². The second kappa shape index (κ2) is 8.88. The van der Waals surface area contributed by atoms with Crippen molar-refractivity contribution in [3.63, 3.8) is 0 Å². The number of nitrogens with one attached hydrogen (secondary N) is 1. The van der Waals surface area contributed by atoms with Crippen molar-refractivity contribution in [1.82, 2.24) is 5.32 Å². The largest absolute Gasteiger partial charge is 0.489 e. The van der Waals surface area contributed by atoms with Gasteiger partial charge in [-0.15, -0.1) is 0 Å². The third kappa shape index (κ3) is 5.82. The normalized spacial score (nSPS) is 17.6. The van der Waals surface area contributed by atoms with Gasteiger partial charge in [-0.25, -0.2) is 13.2 Å². The monoisotopic (exact) mass is 403 g/mol. The molecule has 1 heterocycles. The Labute approximate surface area is 163 Å². The van der Waals surface area contributed by atoms with Crippen LogP contribution in [0.2, 0.25) is 0 Å². The smallest absolute Gasteiger partial charge is 0.338 e. The number of ether oxygens (including phenoxy) is 2. The molecule has 0 radical (unpaired) electrons. The standard InChI is InChI=1S/C20H21NO6S/c22-19(21-17-9-10-28(24,25)14-17)13-27-20(23)16-7-4-8-18(11-16)26-12-15-5-2-1-3-6-15/h1-8,11,17H,9-10,12-14H2,(H,21,22)/t17-/m0/s1. The van der Waals surface area contributed by atoms with Gasteiger partial charge in [-0.1, -0.05) is 36.4 Å². The lowest BCUT2D eigenvalue weighted by molar-refractivity contribution is -0.124. The van der Waals surface area contributed by atoms with E-state index in [1.54, 1.807) is 24.3 Å². The Morgan fingerprint density at radius 3 is 2.57 bits per heavy atom. The Bertz CT molecular complexity index is 942. The summed E-state index contributed by atoms with van der Waals surface area (Å²) < 4.78 is 33.5. The van der Waals surface area contributed by atoms with Gasteiger partial charge in [0.05, 0.1) is 17.1 Å². The fourth-order valence-corrected chi connectivity index (χ4v) is 4.52. The van der Waals surface area contributed by atoms with E-state index in [0.717, 1.165) is 5.56 Å². The Morgan fingerprint density at radius 2 is 1.86 bits per heavy atom. The minimum absolute atomic E-state index is 0.0630. The van der Waals surface area contributed by atoms with E-state index < -0.39 is 34.4 Å². The van der Waals surface area contributed by atoms with E-state index in [2.05, 4.69) is 5.32 Å². The molecule has 0 unspecified atom stereocenters. The third-order valence-electron chi connectivity index (χ3n) is 4.25. The quantitative estimate of drug-likeness (QED) is 0.707. The maximum atomic E-state index is 12.2. The zero-order valence-corrected chi connectivity index (χ0v) is 16.0. The Hall–Kier alpha value is -2.87. The van der Waals surface area contributed by atoms with Gasteiger partial charge in [-0.2, -0.15) is 0 Å². The topological polar surface area (TPSA) is 98.8 Å². The molecule has 148 valence electrons. The van der Waals surface area contributed by atoms with Crippen LogP contribution in [-0.2, 0) is 26.0 Å². The van der Waals surface area contributed by atoms with Gasteiger partial charge in [-0.3, -0.25) is 4.79 Å². The van der Waals surface area contributed by atoms with E-state index in [9.17, 15) is 18.0 Å². The van der Waals surface area contributed by atoms with Crippen LogP contribution in [0.15, 0.2) is 54.6 Å². The maximum Gasteiger partial charge on any atom is 0.338 e. The molecule has 1 fully saturated rings. The fourth-order valence-electron chi connectivity index (χ4n) is 2.85. The molecule has 0 saturated carbocycles. The predicted octanol–water partition coefficient (Wildman–Crippen LogP) is 1.73. The molecule has 1 atom stereocenters. The molecule has 1 N–H and O–H groups in total. The van der Waals surface area contributed by atoms with Crippen molar-refractivity contribution in [1.29, 1.82) is 0 Å². The van der Waals surface area contributed by atoms with Gasteiger partial charge in [0.25, 0.3) is 5.91 Å². The molecule has 1 saturated heterocycles. The summed E-state index contributed by atoms with van der Waals surface area (Å²) in [5.41, 5.74) is 1.27. The molecular formula is C20H21NO6S. The number of rotatable bonds is 7. The lowest BCUT2D eigenvalue weighted by Crippen LogP contribution is -2.38. The molecule has 7 nitrogen and oxygen atoms in total. The van der Waals surface area contributed by atoms with Crippen LogP contribution in [0.3, 0.4) is 0 Å². The van der Waals surface area contributed by atoms with E-state index in [1.807, 2.05) is 30.3 Å². The second-order valence-corrected chi connectivity index (χ2v) is 8.77. The fraction of sp³-hybridized carbons (Fsp3) is 0.300. The summed E-state index contributed by atoms with van der Waals surface area (Å²) in [5, 5.41) is 2.57. The Balaban J connectivity index is 1.48. The first-order valence-electron chi connectivity index (χ1n) is 8.85. The molecule has 1 amide bonds. The third-order valence-corrected chi connectivity index (χ3v) is 6.02. The molecule has 3 rings (SSSR count).